The van der Waals surface area contributed by atoms with Gasteiger partial charge in [0, 0.05) is 11.3 Å². The lowest BCUT2D eigenvalue weighted by molar-refractivity contribution is -0.527. The van der Waals surface area contributed by atoms with Crippen LogP contribution in [-0.2, 0) is 24.5 Å². The van der Waals surface area contributed by atoms with Crippen molar-refractivity contribution in [2.24, 2.45) is 5.92 Å². The molecule has 1 aromatic rings. The van der Waals surface area contributed by atoms with Gasteiger partial charge in [-0.2, -0.15) is 0 Å². The second-order valence-electron chi connectivity index (χ2n) is 8.46. The summed E-state index contributed by atoms with van der Waals surface area (Å²) in [5, 5.41) is 22.6. The number of para-hydroxylation sites is 1. The van der Waals surface area contributed by atoms with Gasteiger partial charge in [0.25, 0.3) is 5.91 Å². The normalized spacial score (nSPS) is 27.4. The van der Waals surface area contributed by atoms with Gasteiger partial charge in [0.15, 0.2) is 0 Å². The topological polar surface area (TPSA) is 136 Å². The number of benzene rings is 1. The zero-order valence-corrected chi connectivity index (χ0v) is 17.5. The molecule has 0 saturated heterocycles. The Kier molecular flexibility index (Phi) is 5.51. The van der Waals surface area contributed by atoms with Crippen molar-refractivity contribution >= 4 is 23.7 Å². The molecule has 1 saturated carbocycles. The molecule has 1 N–H and O–H groups in total. The van der Waals surface area contributed by atoms with Gasteiger partial charge in [-0.1, -0.05) is 12.1 Å². The molecular weight excluding hydrogens is 415 g/mol. The summed E-state index contributed by atoms with van der Waals surface area (Å²) < 4.78 is 25.1. The zero-order chi connectivity index (χ0) is 23.3. The number of aliphatic hydroxyl groups is 1. The Bertz CT molecular complexity index is 959. The number of imide groups is 1. The highest BCUT2D eigenvalue weighted by atomic mass is 19.1. The van der Waals surface area contributed by atoms with E-state index in [0.717, 1.165) is 6.07 Å². The molecule has 0 radical (unpaired) electrons. The summed E-state index contributed by atoms with van der Waals surface area (Å²) in [4.78, 5) is 50.6. The van der Waals surface area contributed by atoms with E-state index in [-0.39, 0.29) is 12.2 Å². The van der Waals surface area contributed by atoms with Gasteiger partial charge in [-0.3, -0.25) is 19.7 Å². The second kappa shape index (κ2) is 7.56. The van der Waals surface area contributed by atoms with Gasteiger partial charge in [0.1, 0.15) is 22.8 Å². The molecule has 0 bridgehead atoms. The van der Waals surface area contributed by atoms with Crippen molar-refractivity contribution in [2.45, 2.75) is 57.3 Å². The molecule has 1 aliphatic heterocycles. The van der Waals surface area contributed by atoms with Gasteiger partial charge >= 0.3 is 12.1 Å². The molecule has 1 spiro atoms. The van der Waals surface area contributed by atoms with Crippen molar-refractivity contribution in [3.05, 3.63) is 39.7 Å². The van der Waals surface area contributed by atoms with E-state index in [1.54, 1.807) is 0 Å². The number of hydrogen-bond donors (Lipinski definition) is 1. The molecule has 1 aliphatic carbocycles. The summed E-state index contributed by atoms with van der Waals surface area (Å²) >= 11 is 0. The van der Waals surface area contributed by atoms with E-state index in [0.29, 0.717) is 4.90 Å². The second-order valence-corrected chi connectivity index (χ2v) is 8.46. The number of halogens is 1. The fourth-order valence-electron chi connectivity index (χ4n) is 4.43. The van der Waals surface area contributed by atoms with E-state index in [1.807, 2.05) is 0 Å². The standard InChI is InChI=1S/C20H23FN2O8/c1-5-30-16(25)14-12(23(28)29)9-13(24)20(14)10-7-6-8-11(21)15(10)22(17(20)26)18(27)31-19(2,3)4/h6-8,12-14,24H,5,9H2,1-4H3. The van der Waals surface area contributed by atoms with E-state index < -0.39 is 69.9 Å². The van der Waals surface area contributed by atoms with Crippen LogP contribution in [0.4, 0.5) is 14.9 Å². The molecule has 2 aliphatic rings. The molecular formula is C20H23FN2O8. The number of esters is 1. The number of carbonyl (C=O) groups excluding carboxylic acids is 3. The largest absolute Gasteiger partial charge is 0.466 e. The molecule has 168 valence electrons. The number of aliphatic hydroxyl groups excluding tert-OH is 1. The minimum absolute atomic E-state index is 0.133. The van der Waals surface area contributed by atoms with Crippen molar-refractivity contribution in [3.8, 4) is 0 Å². The third kappa shape index (κ3) is 3.32. The number of anilines is 1. The maximum atomic E-state index is 14.9. The number of amides is 2. The average molecular weight is 438 g/mol. The average Bonchev–Trinajstić information content (AvgIpc) is 3.09. The molecule has 4 unspecified atom stereocenters. The minimum Gasteiger partial charge on any atom is -0.466 e. The highest BCUT2D eigenvalue weighted by molar-refractivity contribution is 6.23. The summed E-state index contributed by atoms with van der Waals surface area (Å²) in [6.07, 6.45) is -3.52. The molecule has 0 aromatic heterocycles. The van der Waals surface area contributed by atoms with E-state index in [9.17, 15) is 34.0 Å². The zero-order valence-electron chi connectivity index (χ0n) is 17.5. The van der Waals surface area contributed by atoms with Crippen molar-refractivity contribution in [3.63, 3.8) is 0 Å². The first-order chi connectivity index (χ1) is 14.4. The molecule has 1 heterocycles. The lowest BCUT2D eigenvalue weighted by atomic mass is 9.71. The maximum Gasteiger partial charge on any atom is 0.421 e. The van der Waals surface area contributed by atoms with Crippen molar-refractivity contribution in [2.75, 3.05) is 11.5 Å². The number of ether oxygens (including phenoxy) is 2. The van der Waals surface area contributed by atoms with Crippen molar-refractivity contribution in [1.29, 1.82) is 0 Å². The fourth-order valence-corrected chi connectivity index (χ4v) is 4.43. The Hall–Kier alpha value is -3.08. The van der Waals surface area contributed by atoms with Crippen molar-refractivity contribution < 1.29 is 38.3 Å². The van der Waals surface area contributed by atoms with E-state index in [2.05, 4.69) is 0 Å². The Morgan fingerprint density at radius 3 is 2.58 bits per heavy atom. The molecule has 10 nitrogen and oxygen atoms in total. The molecule has 2 amide bonds. The summed E-state index contributed by atoms with van der Waals surface area (Å²) in [7, 11) is 0. The highest BCUT2D eigenvalue weighted by Crippen LogP contribution is 2.56. The minimum atomic E-state index is -2.27. The number of nitro groups is 1. The Morgan fingerprint density at radius 2 is 2.03 bits per heavy atom. The van der Waals surface area contributed by atoms with Crippen LogP contribution in [0.3, 0.4) is 0 Å². The van der Waals surface area contributed by atoms with Crippen LogP contribution in [0.25, 0.3) is 0 Å². The number of rotatable bonds is 3. The lowest BCUT2D eigenvalue weighted by Gasteiger charge is -2.31. The van der Waals surface area contributed by atoms with Gasteiger partial charge in [-0.25, -0.2) is 14.1 Å². The smallest absolute Gasteiger partial charge is 0.421 e. The predicted octanol–water partition coefficient (Wildman–Crippen LogP) is 1.93. The van der Waals surface area contributed by atoms with Crippen LogP contribution in [0.1, 0.15) is 39.7 Å². The first-order valence-electron chi connectivity index (χ1n) is 9.72. The number of nitrogens with zero attached hydrogens (tertiary/aromatic N) is 2. The van der Waals surface area contributed by atoms with Gasteiger partial charge in [-0.15, -0.1) is 0 Å². The number of hydrogen-bond acceptors (Lipinski definition) is 8. The summed E-state index contributed by atoms with van der Waals surface area (Å²) in [5.41, 5.74) is -4.01. The third-order valence-corrected chi connectivity index (χ3v) is 5.47. The van der Waals surface area contributed by atoms with Gasteiger partial charge in [-0.05, 0) is 39.3 Å². The van der Waals surface area contributed by atoms with Crippen LogP contribution < -0.4 is 4.90 Å². The lowest BCUT2D eigenvalue weighted by Crippen LogP contribution is -2.55. The molecule has 31 heavy (non-hydrogen) atoms. The van der Waals surface area contributed by atoms with E-state index in [4.69, 9.17) is 9.47 Å². The first-order valence-corrected chi connectivity index (χ1v) is 9.72. The fraction of sp³-hybridized carbons (Fsp3) is 0.550. The van der Waals surface area contributed by atoms with Crippen LogP contribution in [0, 0.1) is 21.8 Å². The molecule has 11 heteroatoms. The first kappa shape index (κ1) is 22.6. The summed E-state index contributed by atoms with van der Waals surface area (Å²) in [5.74, 6) is -5.00. The van der Waals surface area contributed by atoms with Crippen molar-refractivity contribution in [1.82, 2.24) is 0 Å². The van der Waals surface area contributed by atoms with Gasteiger partial charge in [0.2, 0.25) is 6.04 Å². The Labute approximate surface area is 177 Å². The molecule has 4 atom stereocenters. The van der Waals surface area contributed by atoms with Gasteiger partial charge < -0.3 is 14.6 Å². The van der Waals surface area contributed by atoms with Crippen LogP contribution in [0.2, 0.25) is 0 Å². The number of carbonyl (C=O) groups is 3. The Morgan fingerprint density at radius 1 is 1.39 bits per heavy atom. The third-order valence-electron chi connectivity index (χ3n) is 5.47. The molecule has 3 rings (SSSR count). The molecule has 1 fully saturated rings. The van der Waals surface area contributed by atoms with Crippen LogP contribution >= 0.6 is 0 Å². The van der Waals surface area contributed by atoms with Crippen LogP contribution in [0.15, 0.2) is 18.2 Å². The van der Waals surface area contributed by atoms with Gasteiger partial charge in [0.05, 0.1) is 18.4 Å². The molecule has 1 aromatic carbocycles. The monoisotopic (exact) mass is 438 g/mol. The maximum absolute atomic E-state index is 14.9. The SMILES string of the molecule is CCOC(=O)C1C([N+](=O)[O-])CC(O)C12C(=O)N(C(=O)OC(C)(C)C)c1c(F)cccc12. The quantitative estimate of drug-likeness (QED) is 0.429. The summed E-state index contributed by atoms with van der Waals surface area (Å²) in [6.45, 7) is 5.97. The highest BCUT2D eigenvalue weighted by Gasteiger charge is 2.73. The Balaban J connectivity index is 2.27. The van der Waals surface area contributed by atoms with E-state index in [1.165, 1.54) is 39.8 Å². The van der Waals surface area contributed by atoms with E-state index >= 15 is 0 Å². The summed E-state index contributed by atoms with van der Waals surface area (Å²) in [6, 6.07) is 1.82. The predicted molar refractivity (Wildman–Crippen MR) is 103 cm³/mol. The van der Waals surface area contributed by atoms with Crippen LogP contribution in [0.5, 0.6) is 0 Å². The van der Waals surface area contributed by atoms with Crippen LogP contribution in [-0.4, -0.2) is 52.4 Å². The number of fused-ring (bicyclic) bond motifs is 2.